The summed E-state index contributed by atoms with van der Waals surface area (Å²) in [5, 5.41) is 10.8. The Hall–Kier alpha value is -1.98. The SMILES string of the molecule is Cn1nnc(NS(=O)(=O)c2cnc(NN)c(Cl)c2)n1. The zero-order valence-electron chi connectivity index (χ0n) is 9.57. The number of tetrazole rings is 1. The van der Waals surface area contributed by atoms with Crippen molar-refractivity contribution in [2.75, 3.05) is 10.1 Å². The number of aryl methyl sites for hydroxylation is 1. The largest absolute Gasteiger partial charge is 0.307 e. The zero-order valence-corrected chi connectivity index (χ0v) is 11.1. The van der Waals surface area contributed by atoms with E-state index in [1.54, 1.807) is 0 Å². The highest BCUT2D eigenvalue weighted by Gasteiger charge is 2.18. The second-order valence-electron chi connectivity index (χ2n) is 3.35. The van der Waals surface area contributed by atoms with Gasteiger partial charge in [-0.2, -0.15) is 4.80 Å². The van der Waals surface area contributed by atoms with Crippen LogP contribution in [0.25, 0.3) is 0 Å². The molecular formula is C7H9ClN8O2S. The summed E-state index contributed by atoms with van der Waals surface area (Å²) in [6.07, 6.45) is 1.10. The third-order valence-electron chi connectivity index (χ3n) is 2.00. The number of nitrogens with two attached hydrogens (primary N) is 1. The van der Waals surface area contributed by atoms with Gasteiger partial charge in [0.1, 0.15) is 4.90 Å². The molecule has 0 aliphatic carbocycles. The molecule has 0 bridgehead atoms. The number of anilines is 2. The van der Waals surface area contributed by atoms with E-state index >= 15 is 0 Å². The van der Waals surface area contributed by atoms with Gasteiger partial charge in [0.25, 0.3) is 16.0 Å². The molecule has 2 heterocycles. The van der Waals surface area contributed by atoms with Crippen molar-refractivity contribution in [2.24, 2.45) is 12.9 Å². The first-order valence-corrected chi connectivity index (χ1v) is 6.67. The van der Waals surface area contributed by atoms with Gasteiger partial charge in [-0.3, -0.25) is 0 Å². The maximum Gasteiger partial charge on any atom is 0.277 e. The molecule has 0 spiro atoms. The first kappa shape index (κ1) is 13.5. The Morgan fingerprint density at radius 1 is 1.47 bits per heavy atom. The van der Waals surface area contributed by atoms with Gasteiger partial charge < -0.3 is 5.43 Å². The highest BCUT2D eigenvalue weighted by molar-refractivity contribution is 7.92. The topological polar surface area (TPSA) is 141 Å². The van der Waals surface area contributed by atoms with Crippen molar-refractivity contribution in [3.63, 3.8) is 0 Å². The molecule has 0 aliphatic heterocycles. The van der Waals surface area contributed by atoms with E-state index < -0.39 is 10.0 Å². The van der Waals surface area contributed by atoms with Crippen molar-refractivity contribution in [3.8, 4) is 0 Å². The predicted octanol–water partition coefficient (Wildman–Crippen LogP) is -0.655. The summed E-state index contributed by atoms with van der Waals surface area (Å²) in [6, 6.07) is 1.20. The molecule has 102 valence electrons. The molecule has 0 radical (unpaired) electrons. The molecule has 19 heavy (non-hydrogen) atoms. The summed E-state index contributed by atoms with van der Waals surface area (Å²) in [7, 11) is -2.39. The van der Waals surface area contributed by atoms with Crippen LogP contribution in [0.1, 0.15) is 0 Å². The van der Waals surface area contributed by atoms with E-state index in [1.807, 2.05) is 0 Å². The molecule has 0 aliphatic rings. The minimum atomic E-state index is -3.89. The quantitative estimate of drug-likeness (QED) is 0.499. The minimum absolute atomic E-state index is 0.0671. The van der Waals surface area contributed by atoms with E-state index in [9.17, 15) is 8.42 Å². The number of nitrogen functional groups attached to an aromatic ring is 1. The maximum absolute atomic E-state index is 12.0. The predicted molar refractivity (Wildman–Crippen MR) is 66.7 cm³/mol. The molecule has 0 fully saturated rings. The van der Waals surface area contributed by atoms with Crippen LogP contribution >= 0.6 is 11.6 Å². The Balaban J connectivity index is 2.31. The number of rotatable bonds is 4. The highest BCUT2D eigenvalue weighted by Crippen LogP contribution is 2.22. The normalized spacial score (nSPS) is 11.3. The molecule has 2 aromatic rings. The molecule has 0 aromatic carbocycles. The van der Waals surface area contributed by atoms with Gasteiger partial charge >= 0.3 is 0 Å². The van der Waals surface area contributed by atoms with Gasteiger partial charge in [0.15, 0.2) is 5.82 Å². The maximum atomic E-state index is 12.0. The van der Waals surface area contributed by atoms with Crippen LogP contribution in [0.15, 0.2) is 17.2 Å². The van der Waals surface area contributed by atoms with Crippen molar-refractivity contribution in [2.45, 2.75) is 4.90 Å². The van der Waals surface area contributed by atoms with Crippen LogP contribution in [0, 0.1) is 0 Å². The van der Waals surface area contributed by atoms with E-state index in [0.29, 0.717) is 0 Å². The number of hydrazine groups is 1. The summed E-state index contributed by atoms with van der Waals surface area (Å²) >= 11 is 5.80. The lowest BCUT2D eigenvalue weighted by Crippen LogP contribution is -2.15. The second kappa shape index (κ2) is 4.95. The molecule has 0 atom stereocenters. The molecule has 0 saturated carbocycles. The van der Waals surface area contributed by atoms with E-state index in [1.165, 1.54) is 13.1 Å². The lowest BCUT2D eigenvalue weighted by Gasteiger charge is -2.06. The van der Waals surface area contributed by atoms with Gasteiger partial charge in [0.05, 0.1) is 12.1 Å². The Morgan fingerprint density at radius 3 is 2.74 bits per heavy atom. The number of nitrogens with zero attached hydrogens (tertiary/aromatic N) is 5. The summed E-state index contributed by atoms with van der Waals surface area (Å²) in [4.78, 5) is 4.73. The third-order valence-corrected chi connectivity index (χ3v) is 3.58. The van der Waals surface area contributed by atoms with E-state index in [4.69, 9.17) is 17.4 Å². The first-order valence-electron chi connectivity index (χ1n) is 4.81. The monoisotopic (exact) mass is 304 g/mol. The lowest BCUT2D eigenvalue weighted by molar-refractivity contribution is 0.600. The number of aromatic nitrogens is 5. The van der Waals surface area contributed by atoms with Crippen LogP contribution in [0.2, 0.25) is 5.02 Å². The molecule has 12 heteroatoms. The summed E-state index contributed by atoms with van der Waals surface area (Å²) in [6.45, 7) is 0. The van der Waals surface area contributed by atoms with E-state index in [-0.39, 0.29) is 21.7 Å². The van der Waals surface area contributed by atoms with Gasteiger partial charge in [0, 0.05) is 6.20 Å². The van der Waals surface area contributed by atoms with Crippen LogP contribution in [0.4, 0.5) is 11.8 Å². The van der Waals surface area contributed by atoms with Crippen molar-refractivity contribution in [1.82, 2.24) is 25.2 Å². The van der Waals surface area contributed by atoms with E-state index in [0.717, 1.165) is 11.0 Å². The number of hydrogen-bond acceptors (Lipinski definition) is 8. The molecule has 0 saturated heterocycles. The second-order valence-corrected chi connectivity index (χ2v) is 5.44. The number of sulfonamides is 1. The van der Waals surface area contributed by atoms with Gasteiger partial charge in [-0.05, 0) is 11.3 Å². The third kappa shape index (κ3) is 2.89. The van der Waals surface area contributed by atoms with Crippen molar-refractivity contribution >= 4 is 33.4 Å². The van der Waals surface area contributed by atoms with E-state index in [2.05, 4.69) is 30.5 Å². The van der Waals surface area contributed by atoms with Crippen LogP contribution in [-0.4, -0.2) is 33.6 Å². The van der Waals surface area contributed by atoms with Crippen LogP contribution in [-0.2, 0) is 17.1 Å². The molecule has 4 N–H and O–H groups in total. The Labute approximate surface area is 113 Å². The van der Waals surface area contributed by atoms with Crippen molar-refractivity contribution in [1.29, 1.82) is 0 Å². The molecule has 0 amide bonds. The van der Waals surface area contributed by atoms with Crippen molar-refractivity contribution in [3.05, 3.63) is 17.3 Å². The van der Waals surface area contributed by atoms with Gasteiger partial charge in [-0.1, -0.05) is 16.7 Å². The minimum Gasteiger partial charge on any atom is -0.307 e. The Bertz CT molecular complexity index is 699. The van der Waals surface area contributed by atoms with Gasteiger partial charge in [0.2, 0.25) is 0 Å². The average Bonchev–Trinajstić information content (AvgIpc) is 2.73. The number of halogens is 1. The molecular weight excluding hydrogens is 296 g/mol. The summed E-state index contributed by atoms with van der Waals surface area (Å²) < 4.78 is 26.1. The lowest BCUT2D eigenvalue weighted by atomic mass is 10.5. The average molecular weight is 305 g/mol. The fraction of sp³-hybridized carbons (Fsp3) is 0.143. The fourth-order valence-electron chi connectivity index (χ4n) is 1.18. The summed E-state index contributed by atoms with van der Waals surface area (Å²) in [5.41, 5.74) is 2.23. The smallest absolute Gasteiger partial charge is 0.277 e. The standard InChI is InChI=1S/C7H9ClN8O2S/c1-16-13-7(12-15-16)14-19(17,18)4-2-5(8)6(11-9)10-3-4/h2-3H,9H2,1H3,(H,10,11)(H,13,14). The molecule has 0 unspecified atom stereocenters. The molecule has 10 nitrogen and oxygen atoms in total. The number of pyridine rings is 1. The number of hydrogen-bond donors (Lipinski definition) is 3. The molecule has 2 rings (SSSR count). The molecule has 2 aromatic heterocycles. The van der Waals surface area contributed by atoms with Gasteiger partial charge in [-0.25, -0.2) is 24.0 Å². The summed E-state index contributed by atoms with van der Waals surface area (Å²) in [5.74, 6) is 5.16. The Kier molecular flexibility index (Phi) is 3.50. The number of nitrogens with one attached hydrogen (secondary N) is 2. The first-order chi connectivity index (χ1) is 8.92. The van der Waals surface area contributed by atoms with Gasteiger partial charge in [-0.15, -0.1) is 5.10 Å². The zero-order chi connectivity index (χ0) is 14.0. The highest BCUT2D eigenvalue weighted by atomic mass is 35.5. The van der Waals surface area contributed by atoms with Crippen molar-refractivity contribution < 1.29 is 8.42 Å². The van der Waals surface area contributed by atoms with Crippen LogP contribution < -0.4 is 16.0 Å². The van der Waals surface area contributed by atoms with Crippen LogP contribution in [0.3, 0.4) is 0 Å². The van der Waals surface area contributed by atoms with Crippen LogP contribution in [0.5, 0.6) is 0 Å². The Morgan fingerprint density at radius 2 is 2.21 bits per heavy atom. The fourth-order valence-corrected chi connectivity index (χ4v) is 2.37.